The molecular formula is C19H21NO4. The minimum atomic E-state index is -0.737. The van der Waals surface area contributed by atoms with Gasteiger partial charge in [-0.3, -0.25) is 4.79 Å². The van der Waals surface area contributed by atoms with Crippen LogP contribution in [0.5, 0.6) is 5.75 Å². The topological polar surface area (TPSA) is 64.6 Å². The second-order valence-electron chi connectivity index (χ2n) is 5.30. The van der Waals surface area contributed by atoms with Crippen LogP contribution in [-0.2, 0) is 14.3 Å². The minimum absolute atomic E-state index is 0.345. The summed E-state index contributed by atoms with van der Waals surface area (Å²) in [7, 11) is 0. The molecule has 0 bridgehead atoms. The van der Waals surface area contributed by atoms with Gasteiger partial charge in [-0.2, -0.15) is 0 Å². The molecule has 2 aromatic carbocycles. The van der Waals surface area contributed by atoms with E-state index in [1.165, 1.54) is 0 Å². The van der Waals surface area contributed by atoms with Gasteiger partial charge in [0.15, 0.2) is 12.7 Å². The summed E-state index contributed by atoms with van der Waals surface area (Å²) in [5, 5.41) is 2.72. The zero-order chi connectivity index (χ0) is 17.4. The van der Waals surface area contributed by atoms with Crippen LogP contribution in [0.25, 0.3) is 0 Å². The molecule has 0 radical (unpaired) electrons. The highest BCUT2D eigenvalue weighted by molar-refractivity contribution is 5.93. The molecule has 0 heterocycles. The Balaban J connectivity index is 1.84. The lowest BCUT2D eigenvalue weighted by molar-refractivity contribution is -0.154. The molecule has 0 saturated heterocycles. The standard InChI is InChI=1S/C19H21NO4/c1-3-17(24-15-10-5-4-6-11-15)19(22)23-13-18(21)20-16-12-8-7-9-14(16)2/h4-12,17H,3,13H2,1-2H3,(H,20,21)/t17-/m0/s1. The summed E-state index contributed by atoms with van der Waals surface area (Å²) in [6.45, 7) is 3.37. The number of carbonyl (C=O) groups is 2. The molecule has 1 amide bonds. The highest BCUT2D eigenvalue weighted by Gasteiger charge is 2.21. The summed E-state index contributed by atoms with van der Waals surface area (Å²) in [4.78, 5) is 24.0. The van der Waals surface area contributed by atoms with Gasteiger partial charge >= 0.3 is 5.97 Å². The number of carbonyl (C=O) groups excluding carboxylic acids is 2. The van der Waals surface area contributed by atoms with Crippen LogP contribution in [0.15, 0.2) is 54.6 Å². The number of benzene rings is 2. The quantitative estimate of drug-likeness (QED) is 0.792. The summed E-state index contributed by atoms with van der Waals surface area (Å²) in [6.07, 6.45) is -0.286. The van der Waals surface area contributed by atoms with Gasteiger partial charge in [0, 0.05) is 5.69 Å². The van der Waals surface area contributed by atoms with E-state index in [4.69, 9.17) is 9.47 Å². The maximum Gasteiger partial charge on any atom is 0.347 e. The third kappa shape index (κ3) is 5.12. The maximum atomic E-state index is 12.1. The van der Waals surface area contributed by atoms with Crippen molar-refractivity contribution in [2.45, 2.75) is 26.4 Å². The SMILES string of the molecule is CC[C@H](Oc1ccccc1)C(=O)OCC(=O)Nc1ccccc1C. The molecule has 0 spiro atoms. The number of anilines is 1. The van der Waals surface area contributed by atoms with E-state index in [-0.39, 0.29) is 12.5 Å². The zero-order valence-electron chi connectivity index (χ0n) is 13.8. The van der Waals surface area contributed by atoms with Gasteiger partial charge in [0.2, 0.25) is 0 Å². The van der Waals surface area contributed by atoms with Gasteiger partial charge in [0.05, 0.1) is 0 Å². The Labute approximate surface area is 141 Å². The van der Waals surface area contributed by atoms with Gasteiger partial charge < -0.3 is 14.8 Å². The van der Waals surface area contributed by atoms with Gasteiger partial charge in [-0.25, -0.2) is 4.79 Å². The van der Waals surface area contributed by atoms with Gasteiger partial charge in [0.1, 0.15) is 5.75 Å². The molecule has 2 rings (SSSR count). The fraction of sp³-hybridized carbons (Fsp3) is 0.263. The number of ether oxygens (including phenoxy) is 2. The summed E-state index contributed by atoms with van der Waals surface area (Å²) in [6, 6.07) is 16.4. The lowest BCUT2D eigenvalue weighted by atomic mass is 10.2. The van der Waals surface area contributed by atoms with E-state index in [2.05, 4.69) is 5.32 Å². The van der Waals surface area contributed by atoms with Crippen molar-refractivity contribution >= 4 is 17.6 Å². The van der Waals surface area contributed by atoms with Crippen LogP contribution in [0.4, 0.5) is 5.69 Å². The van der Waals surface area contributed by atoms with Crippen molar-refractivity contribution in [2.75, 3.05) is 11.9 Å². The van der Waals surface area contributed by atoms with Crippen LogP contribution in [0.1, 0.15) is 18.9 Å². The second-order valence-corrected chi connectivity index (χ2v) is 5.30. The largest absolute Gasteiger partial charge is 0.479 e. The van der Waals surface area contributed by atoms with Gasteiger partial charge in [-0.15, -0.1) is 0 Å². The van der Waals surface area contributed by atoms with E-state index in [0.717, 1.165) is 5.56 Å². The van der Waals surface area contributed by atoms with Crippen molar-refractivity contribution in [3.8, 4) is 5.75 Å². The normalized spacial score (nSPS) is 11.4. The van der Waals surface area contributed by atoms with Crippen molar-refractivity contribution in [2.24, 2.45) is 0 Å². The molecule has 0 aliphatic heterocycles. The van der Waals surface area contributed by atoms with Crippen LogP contribution >= 0.6 is 0 Å². The lowest BCUT2D eigenvalue weighted by Crippen LogP contribution is -2.31. The average molecular weight is 327 g/mol. The highest BCUT2D eigenvalue weighted by Crippen LogP contribution is 2.14. The number of hydrogen-bond donors (Lipinski definition) is 1. The number of rotatable bonds is 7. The van der Waals surface area contributed by atoms with Gasteiger partial charge in [-0.05, 0) is 37.1 Å². The number of aryl methyl sites for hydroxylation is 1. The first kappa shape index (κ1) is 17.5. The van der Waals surface area contributed by atoms with E-state index in [1.807, 2.05) is 50.2 Å². The van der Waals surface area contributed by atoms with E-state index < -0.39 is 12.1 Å². The number of esters is 1. The van der Waals surface area contributed by atoms with E-state index in [0.29, 0.717) is 17.9 Å². The van der Waals surface area contributed by atoms with Crippen LogP contribution in [0.2, 0.25) is 0 Å². The zero-order valence-corrected chi connectivity index (χ0v) is 13.8. The second kappa shape index (κ2) is 8.72. The van der Waals surface area contributed by atoms with Crippen molar-refractivity contribution in [1.82, 2.24) is 0 Å². The van der Waals surface area contributed by atoms with Gasteiger partial charge in [0.25, 0.3) is 5.91 Å². The number of hydrogen-bond acceptors (Lipinski definition) is 4. The first-order valence-corrected chi connectivity index (χ1v) is 7.84. The molecule has 0 fully saturated rings. The highest BCUT2D eigenvalue weighted by atomic mass is 16.6. The molecule has 0 aliphatic rings. The molecule has 1 atom stereocenters. The van der Waals surface area contributed by atoms with Crippen LogP contribution < -0.4 is 10.1 Å². The molecule has 1 N–H and O–H groups in total. The Kier molecular flexibility index (Phi) is 6.37. The molecular weight excluding hydrogens is 306 g/mol. The number of para-hydroxylation sites is 2. The first-order chi connectivity index (χ1) is 11.6. The first-order valence-electron chi connectivity index (χ1n) is 7.84. The fourth-order valence-electron chi connectivity index (χ4n) is 2.09. The van der Waals surface area contributed by atoms with E-state index in [9.17, 15) is 9.59 Å². The molecule has 126 valence electrons. The number of amides is 1. The molecule has 0 aromatic heterocycles. The molecule has 5 heteroatoms. The molecule has 0 saturated carbocycles. The molecule has 2 aromatic rings. The number of nitrogens with one attached hydrogen (secondary N) is 1. The third-order valence-corrected chi connectivity index (χ3v) is 3.42. The lowest BCUT2D eigenvalue weighted by Gasteiger charge is -2.16. The fourth-order valence-corrected chi connectivity index (χ4v) is 2.09. The Bertz CT molecular complexity index is 685. The van der Waals surface area contributed by atoms with Crippen molar-refractivity contribution in [3.05, 3.63) is 60.2 Å². The Hall–Kier alpha value is -2.82. The predicted molar refractivity (Wildman–Crippen MR) is 91.9 cm³/mol. The summed E-state index contributed by atoms with van der Waals surface area (Å²) in [5.41, 5.74) is 1.64. The molecule has 0 unspecified atom stereocenters. The molecule has 24 heavy (non-hydrogen) atoms. The Morgan fingerprint density at radius 3 is 2.38 bits per heavy atom. The smallest absolute Gasteiger partial charge is 0.347 e. The van der Waals surface area contributed by atoms with Crippen LogP contribution in [-0.4, -0.2) is 24.6 Å². The maximum absolute atomic E-state index is 12.1. The Morgan fingerprint density at radius 2 is 1.71 bits per heavy atom. The van der Waals surface area contributed by atoms with Crippen LogP contribution in [0, 0.1) is 6.92 Å². The van der Waals surface area contributed by atoms with Crippen molar-refractivity contribution in [3.63, 3.8) is 0 Å². The Morgan fingerprint density at radius 1 is 1.04 bits per heavy atom. The van der Waals surface area contributed by atoms with E-state index >= 15 is 0 Å². The minimum Gasteiger partial charge on any atom is -0.479 e. The summed E-state index contributed by atoms with van der Waals surface area (Å²) < 4.78 is 10.7. The molecule has 5 nitrogen and oxygen atoms in total. The summed E-state index contributed by atoms with van der Waals surface area (Å²) >= 11 is 0. The van der Waals surface area contributed by atoms with Crippen LogP contribution in [0.3, 0.4) is 0 Å². The molecule has 0 aliphatic carbocycles. The third-order valence-electron chi connectivity index (χ3n) is 3.42. The van der Waals surface area contributed by atoms with Crippen molar-refractivity contribution in [1.29, 1.82) is 0 Å². The van der Waals surface area contributed by atoms with Crippen molar-refractivity contribution < 1.29 is 19.1 Å². The summed E-state index contributed by atoms with van der Waals surface area (Å²) in [5.74, 6) is -0.348. The van der Waals surface area contributed by atoms with E-state index in [1.54, 1.807) is 18.2 Å². The van der Waals surface area contributed by atoms with Gasteiger partial charge in [-0.1, -0.05) is 43.3 Å². The monoisotopic (exact) mass is 327 g/mol. The average Bonchev–Trinajstić information content (AvgIpc) is 2.60. The predicted octanol–water partition coefficient (Wildman–Crippen LogP) is 3.33.